The van der Waals surface area contributed by atoms with Gasteiger partial charge in [-0.25, -0.2) is 4.79 Å². The Kier molecular flexibility index (Phi) is 3.00. The highest BCUT2D eigenvalue weighted by molar-refractivity contribution is 6.06. The normalized spacial score (nSPS) is 10.5. The van der Waals surface area contributed by atoms with Crippen LogP contribution >= 0.6 is 0 Å². The number of phenolic OH excluding ortho intramolecular Hbond substituents is 1. The topological polar surface area (TPSA) is 46.5 Å². The van der Waals surface area contributed by atoms with Gasteiger partial charge in [0.15, 0.2) is 0 Å². The molecule has 0 saturated heterocycles. The zero-order valence-electron chi connectivity index (χ0n) is 9.86. The van der Waals surface area contributed by atoms with Gasteiger partial charge in [0.25, 0.3) is 0 Å². The summed E-state index contributed by atoms with van der Waals surface area (Å²) in [6.07, 6.45) is 0. The van der Waals surface area contributed by atoms with Gasteiger partial charge in [-0.1, -0.05) is 18.2 Å². The van der Waals surface area contributed by atoms with Gasteiger partial charge in [0.1, 0.15) is 5.75 Å². The number of hydrogen-bond acceptors (Lipinski definition) is 3. The van der Waals surface area contributed by atoms with Crippen LogP contribution in [0.5, 0.6) is 5.75 Å². The molecule has 0 spiro atoms. The van der Waals surface area contributed by atoms with Gasteiger partial charge in [-0.2, -0.15) is 0 Å². The molecule has 0 aliphatic rings. The number of hydrogen-bond donors (Lipinski definition) is 1. The summed E-state index contributed by atoms with van der Waals surface area (Å²) in [6.45, 7) is 3.99. The quantitative estimate of drug-likeness (QED) is 0.806. The van der Waals surface area contributed by atoms with Crippen LogP contribution in [0, 0.1) is 6.92 Å². The van der Waals surface area contributed by atoms with Gasteiger partial charge in [-0.3, -0.25) is 0 Å². The van der Waals surface area contributed by atoms with E-state index in [1.807, 2.05) is 13.0 Å². The van der Waals surface area contributed by atoms with Crippen LogP contribution in [-0.4, -0.2) is 17.7 Å². The zero-order chi connectivity index (χ0) is 12.4. The molecule has 17 heavy (non-hydrogen) atoms. The van der Waals surface area contributed by atoms with Gasteiger partial charge >= 0.3 is 5.97 Å². The minimum Gasteiger partial charge on any atom is -0.507 e. The number of carbonyl (C=O) groups excluding carboxylic acids is 1. The molecule has 0 aliphatic carbocycles. The highest BCUT2D eigenvalue weighted by atomic mass is 16.5. The molecule has 0 fully saturated rings. The lowest BCUT2D eigenvalue weighted by molar-refractivity contribution is 0.0528. The number of phenols is 1. The lowest BCUT2D eigenvalue weighted by Crippen LogP contribution is -2.05. The standard InChI is InChI=1S/C14H14O3/c1-3-17-14(16)11-6-4-5-10-12(11)7-9(2)8-13(10)15/h4-8,15H,3H2,1-2H3. The van der Waals surface area contributed by atoms with Gasteiger partial charge in [-0.05, 0) is 31.5 Å². The number of carbonyl (C=O) groups is 1. The van der Waals surface area contributed by atoms with Crippen molar-refractivity contribution < 1.29 is 14.6 Å². The fraction of sp³-hybridized carbons (Fsp3) is 0.214. The number of esters is 1. The predicted molar refractivity (Wildman–Crippen MR) is 66.3 cm³/mol. The fourth-order valence-corrected chi connectivity index (χ4v) is 1.89. The highest BCUT2D eigenvalue weighted by Crippen LogP contribution is 2.29. The summed E-state index contributed by atoms with van der Waals surface area (Å²) >= 11 is 0. The molecule has 0 amide bonds. The first kappa shape index (κ1) is 11.5. The van der Waals surface area contributed by atoms with Gasteiger partial charge in [0.05, 0.1) is 12.2 Å². The Balaban J connectivity index is 2.68. The Bertz CT molecular complexity index is 573. The maximum Gasteiger partial charge on any atom is 0.338 e. The van der Waals surface area contributed by atoms with E-state index in [0.717, 1.165) is 10.9 Å². The second-order valence-corrected chi connectivity index (χ2v) is 3.91. The van der Waals surface area contributed by atoms with Crippen LogP contribution in [0.15, 0.2) is 30.3 Å². The number of ether oxygens (including phenoxy) is 1. The first-order chi connectivity index (χ1) is 8.13. The van der Waals surface area contributed by atoms with Gasteiger partial charge in [0, 0.05) is 10.8 Å². The summed E-state index contributed by atoms with van der Waals surface area (Å²) in [5.41, 5.74) is 1.40. The first-order valence-electron chi connectivity index (χ1n) is 5.53. The maximum absolute atomic E-state index is 11.8. The Labute approximate surface area is 99.6 Å². The molecule has 2 aromatic carbocycles. The van der Waals surface area contributed by atoms with E-state index in [1.165, 1.54) is 0 Å². The van der Waals surface area contributed by atoms with Crippen LogP contribution in [-0.2, 0) is 4.74 Å². The largest absolute Gasteiger partial charge is 0.507 e. The van der Waals surface area contributed by atoms with Crippen LogP contribution in [0.1, 0.15) is 22.8 Å². The van der Waals surface area contributed by atoms with E-state index in [-0.39, 0.29) is 11.7 Å². The van der Waals surface area contributed by atoms with Crippen LogP contribution in [0.25, 0.3) is 10.8 Å². The first-order valence-corrected chi connectivity index (χ1v) is 5.53. The van der Waals surface area contributed by atoms with E-state index in [2.05, 4.69) is 0 Å². The van der Waals surface area contributed by atoms with E-state index >= 15 is 0 Å². The summed E-state index contributed by atoms with van der Waals surface area (Å²) in [5, 5.41) is 11.2. The molecule has 88 valence electrons. The zero-order valence-corrected chi connectivity index (χ0v) is 9.86. The molecule has 0 aliphatic heterocycles. The Morgan fingerprint density at radius 2 is 2.06 bits per heavy atom. The molecular formula is C14H14O3. The molecule has 0 atom stereocenters. The lowest BCUT2D eigenvalue weighted by atomic mass is 10.0. The van der Waals surface area contributed by atoms with Crippen molar-refractivity contribution in [1.29, 1.82) is 0 Å². The number of benzene rings is 2. The predicted octanol–water partition coefficient (Wildman–Crippen LogP) is 3.03. The van der Waals surface area contributed by atoms with Crippen molar-refractivity contribution >= 4 is 16.7 Å². The van der Waals surface area contributed by atoms with Crippen molar-refractivity contribution in [3.8, 4) is 5.75 Å². The Hall–Kier alpha value is -2.03. The van der Waals surface area contributed by atoms with Crippen LogP contribution < -0.4 is 0 Å². The summed E-state index contributed by atoms with van der Waals surface area (Å²) < 4.78 is 5.00. The van der Waals surface area contributed by atoms with E-state index in [1.54, 1.807) is 31.2 Å². The van der Waals surface area contributed by atoms with E-state index in [9.17, 15) is 9.90 Å². The second-order valence-electron chi connectivity index (χ2n) is 3.91. The lowest BCUT2D eigenvalue weighted by Gasteiger charge is -2.08. The van der Waals surface area contributed by atoms with Gasteiger partial charge in [-0.15, -0.1) is 0 Å². The summed E-state index contributed by atoms with van der Waals surface area (Å²) in [5.74, 6) is -0.172. The third-order valence-electron chi connectivity index (χ3n) is 2.61. The highest BCUT2D eigenvalue weighted by Gasteiger charge is 2.12. The van der Waals surface area contributed by atoms with Crippen LogP contribution in [0.4, 0.5) is 0 Å². The van der Waals surface area contributed by atoms with E-state index in [0.29, 0.717) is 17.6 Å². The average Bonchev–Trinajstić information content (AvgIpc) is 2.28. The summed E-state index contributed by atoms with van der Waals surface area (Å²) in [7, 11) is 0. The third-order valence-corrected chi connectivity index (χ3v) is 2.61. The summed E-state index contributed by atoms with van der Waals surface area (Å²) in [4.78, 5) is 11.8. The fourth-order valence-electron chi connectivity index (χ4n) is 1.89. The molecule has 0 bridgehead atoms. The van der Waals surface area contributed by atoms with Crippen molar-refractivity contribution in [2.75, 3.05) is 6.61 Å². The van der Waals surface area contributed by atoms with Gasteiger partial charge in [0.2, 0.25) is 0 Å². The minimum absolute atomic E-state index is 0.186. The Morgan fingerprint density at radius 3 is 2.76 bits per heavy atom. The van der Waals surface area contributed by atoms with E-state index in [4.69, 9.17) is 4.74 Å². The molecule has 0 aromatic heterocycles. The summed E-state index contributed by atoms with van der Waals surface area (Å²) in [6, 6.07) is 8.79. The monoisotopic (exact) mass is 230 g/mol. The van der Waals surface area contributed by atoms with Crippen molar-refractivity contribution in [3.05, 3.63) is 41.5 Å². The minimum atomic E-state index is -0.358. The molecule has 2 aromatic rings. The smallest absolute Gasteiger partial charge is 0.338 e. The number of fused-ring (bicyclic) bond motifs is 1. The molecule has 0 unspecified atom stereocenters. The molecule has 0 saturated carbocycles. The third kappa shape index (κ3) is 2.09. The molecule has 3 nitrogen and oxygen atoms in total. The van der Waals surface area contributed by atoms with Crippen molar-refractivity contribution in [2.45, 2.75) is 13.8 Å². The number of aryl methyl sites for hydroxylation is 1. The van der Waals surface area contributed by atoms with E-state index < -0.39 is 0 Å². The van der Waals surface area contributed by atoms with Crippen molar-refractivity contribution in [1.82, 2.24) is 0 Å². The second kappa shape index (κ2) is 4.45. The molecular weight excluding hydrogens is 216 g/mol. The maximum atomic E-state index is 11.8. The molecule has 0 heterocycles. The molecule has 3 heteroatoms. The van der Waals surface area contributed by atoms with Crippen LogP contribution in [0.3, 0.4) is 0 Å². The number of aromatic hydroxyl groups is 1. The van der Waals surface area contributed by atoms with Crippen molar-refractivity contribution in [3.63, 3.8) is 0 Å². The molecule has 1 N–H and O–H groups in total. The Morgan fingerprint density at radius 1 is 1.29 bits per heavy atom. The molecule has 2 rings (SSSR count). The van der Waals surface area contributed by atoms with Gasteiger partial charge < -0.3 is 9.84 Å². The SMILES string of the molecule is CCOC(=O)c1cccc2c(O)cc(C)cc12. The average molecular weight is 230 g/mol. The van der Waals surface area contributed by atoms with Crippen molar-refractivity contribution in [2.24, 2.45) is 0 Å². The molecule has 0 radical (unpaired) electrons. The number of rotatable bonds is 2. The van der Waals surface area contributed by atoms with Crippen LogP contribution in [0.2, 0.25) is 0 Å².